The lowest BCUT2D eigenvalue weighted by Crippen LogP contribution is -2.31. The molecule has 60 valence electrons. The fraction of sp³-hybridized carbons (Fsp3) is 0.429. The molecule has 0 bridgehead atoms. The van der Waals surface area contributed by atoms with Crippen LogP contribution in [-0.4, -0.2) is 18.6 Å². The van der Waals surface area contributed by atoms with Gasteiger partial charge in [-0.05, 0) is 6.42 Å². The number of hydrogen-bond donors (Lipinski definition) is 3. The molecule has 0 aromatic heterocycles. The van der Waals surface area contributed by atoms with Crippen LogP contribution in [-0.2, 0) is 0 Å². The lowest BCUT2D eigenvalue weighted by atomic mass is 10.1. The molecule has 1 heterocycles. The van der Waals surface area contributed by atoms with Gasteiger partial charge in [-0.15, -0.1) is 0 Å². The van der Waals surface area contributed by atoms with Crippen LogP contribution in [0.3, 0.4) is 0 Å². The molecule has 4 heteroatoms. The van der Waals surface area contributed by atoms with E-state index in [4.69, 9.17) is 5.41 Å². The molecule has 0 spiro atoms. The Morgan fingerprint density at radius 2 is 2.64 bits per heavy atom. The predicted molar refractivity (Wildman–Crippen MR) is 45.7 cm³/mol. The number of nitrogens with one attached hydrogen (secondary N) is 3. The zero-order chi connectivity index (χ0) is 8.10. The molecule has 0 aliphatic carbocycles. The minimum atomic E-state index is 0.332. The SMILES string of the molecule is CCC1NNC=C1C=NC=N. The molecule has 4 nitrogen and oxygen atoms in total. The van der Waals surface area contributed by atoms with Crippen molar-refractivity contribution in [2.75, 3.05) is 0 Å². The van der Waals surface area contributed by atoms with Crippen LogP contribution in [0.5, 0.6) is 0 Å². The number of aliphatic imine (C=N–C) groups is 1. The van der Waals surface area contributed by atoms with Crippen LogP contribution in [0.1, 0.15) is 13.3 Å². The highest BCUT2D eigenvalue weighted by molar-refractivity contribution is 5.85. The molecule has 0 saturated carbocycles. The van der Waals surface area contributed by atoms with Gasteiger partial charge in [0.05, 0.1) is 6.04 Å². The summed E-state index contributed by atoms with van der Waals surface area (Å²) in [6.07, 6.45) is 5.60. The van der Waals surface area contributed by atoms with Crippen molar-refractivity contribution < 1.29 is 0 Å². The summed E-state index contributed by atoms with van der Waals surface area (Å²) < 4.78 is 0. The summed E-state index contributed by atoms with van der Waals surface area (Å²) in [5.74, 6) is 0. The number of nitrogens with zero attached hydrogens (tertiary/aromatic N) is 1. The lowest BCUT2D eigenvalue weighted by Gasteiger charge is -2.06. The van der Waals surface area contributed by atoms with E-state index in [-0.39, 0.29) is 0 Å². The lowest BCUT2D eigenvalue weighted by molar-refractivity contribution is 0.566. The predicted octanol–water partition coefficient (Wildman–Crippen LogP) is 0.435. The minimum Gasteiger partial charge on any atom is -0.328 e. The number of rotatable bonds is 3. The summed E-state index contributed by atoms with van der Waals surface area (Å²) in [5.41, 5.74) is 7.05. The molecule has 3 N–H and O–H groups in total. The van der Waals surface area contributed by atoms with Crippen molar-refractivity contribution in [1.29, 1.82) is 5.41 Å². The van der Waals surface area contributed by atoms with Gasteiger partial charge in [0.15, 0.2) is 0 Å². The van der Waals surface area contributed by atoms with Crippen LogP contribution >= 0.6 is 0 Å². The molecule has 0 fully saturated rings. The van der Waals surface area contributed by atoms with E-state index in [0.717, 1.165) is 18.3 Å². The van der Waals surface area contributed by atoms with Crippen molar-refractivity contribution >= 4 is 12.6 Å². The third kappa shape index (κ3) is 1.88. The second kappa shape index (κ2) is 3.88. The normalized spacial score (nSPS) is 23.4. The summed E-state index contributed by atoms with van der Waals surface area (Å²) in [6, 6.07) is 0.332. The van der Waals surface area contributed by atoms with Crippen molar-refractivity contribution in [1.82, 2.24) is 10.9 Å². The highest BCUT2D eigenvalue weighted by Crippen LogP contribution is 2.05. The number of hydrazine groups is 1. The Kier molecular flexibility index (Phi) is 2.80. The summed E-state index contributed by atoms with van der Waals surface area (Å²) in [7, 11) is 0. The zero-order valence-electron chi connectivity index (χ0n) is 6.46. The Morgan fingerprint density at radius 1 is 1.82 bits per heavy atom. The first-order valence-corrected chi connectivity index (χ1v) is 3.61. The monoisotopic (exact) mass is 152 g/mol. The Hall–Kier alpha value is -1.16. The molecular formula is C7H12N4. The van der Waals surface area contributed by atoms with E-state index in [1.54, 1.807) is 6.21 Å². The summed E-state index contributed by atoms with van der Waals surface area (Å²) in [5, 5.41) is 6.70. The molecule has 0 amide bonds. The van der Waals surface area contributed by atoms with Gasteiger partial charge in [-0.25, -0.2) is 10.4 Å². The molecule has 0 radical (unpaired) electrons. The molecular weight excluding hydrogens is 140 g/mol. The Morgan fingerprint density at radius 3 is 3.27 bits per heavy atom. The van der Waals surface area contributed by atoms with Gasteiger partial charge < -0.3 is 5.43 Å². The van der Waals surface area contributed by atoms with Gasteiger partial charge in [0, 0.05) is 18.0 Å². The molecule has 0 saturated heterocycles. The first-order valence-electron chi connectivity index (χ1n) is 3.61. The molecule has 1 unspecified atom stereocenters. The van der Waals surface area contributed by atoms with Crippen molar-refractivity contribution in [3.05, 3.63) is 11.8 Å². The molecule has 1 atom stereocenters. The second-order valence-corrected chi connectivity index (χ2v) is 2.30. The van der Waals surface area contributed by atoms with Gasteiger partial charge in [-0.3, -0.25) is 5.41 Å². The van der Waals surface area contributed by atoms with Gasteiger partial charge in [-0.2, -0.15) is 0 Å². The molecule has 0 aromatic rings. The van der Waals surface area contributed by atoms with Crippen molar-refractivity contribution in [3.63, 3.8) is 0 Å². The van der Waals surface area contributed by atoms with Crippen LogP contribution in [0.4, 0.5) is 0 Å². The average Bonchev–Trinajstić information content (AvgIpc) is 2.47. The second-order valence-electron chi connectivity index (χ2n) is 2.30. The van der Waals surface area contributed by atoms with E-state index in [9.17, 15) is 0 Å². The fourth-order valence-electron chi connectivity index (χ4n) is 0.998. The maximum Gasteiger partial charge on any atom is 0.106 e. The van der Waals surface area contributed by atoms with Crippen LogP contribution in [0.25, 0.3) is 0 Å². The van der Waals surface area contributed by atoms with Crippen molar-refractivity contribution in [2.45, 2.75) is 19.4 Å². The van der Waals surface area contributed by atoms with Gasteiger partial charge in [0.1, 0.15) is 6.34 Å². The van der Waals surface area contributed by atoms with Gasteiger partial charge in [-0.1, -0.05) is 6.92 Å². The van der Waals surface area contributed by atoms with Crippen LogP contribution in [0, 0.1) is 5.41 Å². The smallest absolute Gasteiger partial charge is 0.106 e. The standard InChI is InChI=1S/C7H12N4/c1-2-7-6(3-9-5-8)4-10-11-7/h3-5,7-8,10-11H,2H2,1H3. The third-order valence-corrected chi connectivity index (χ3v) is 1.61. The largest absolute Gasteiger partial charge is 0.328 e. The highest BCUT2D eigenvalue weighted by Gasteiger charge is 2.13. The van der Waals surface area contributed by atoms with Gasteiger partial charge in [0.25, 0.3) is 0 Å². The fourth-order valence-corrected chi connectivity index (χ4v) is 0.998. The summed E-state index contributed by atoms with van der Waals surface area (Å²) in [6.45, 7) is 2.09. The van der Waals surface area contributed by atoms with Crippen LogP contribution < -0.4 is 10.9 Å². The summed E-state index contributed by atoms with van der Waals surface area (Å²) >= 11 is 0. The molecule has 0 aromatic carbocycles. The molecule has 1 rings (SSSR count). The topological polar surface area (TPSA) is 60.3 Å². The number of hydrogen-bond acceptors (Lipinski definition) is 3. The quantitative estimate of drug-likeness (QED) is 0.406. The van der Waals surface area contributed by atoms with E-state index in [1.807, 2.05) is 6.20 Å². The Bertz CT molecular complexity index is 195. The first kappa shape index (κ1) is 7.94. The highest BCUT2D eigenvalue weighted by atomic mass is 15.4. The molecule has 1 aliphatic rings. The van der Waals surface area contributed by atoms with Gasteiger partial charge >= 0.3 is 0 Å². The van der Waals surface area contributed by atoms with E-state index in [1.165, 1.54) is 0 Å². The van der Waals surface area contributed by atoms with Crippen LogP contribution in [0.15, 0.2) is 16.8 Å². The molecule has 1 aliphatic heterocycles. The average molecular weight is 152 g/mol. The van der Waals surface area contributed by atoms with Crippen LogP contribution in [0.2, 0.25) is 0 Å². The Balaban J connectivity index is 2.55. The molecule has 11 heavy (non-hydrogen) atoms. The maximum absolute atomic E-state index is 6.70. The maximum atomic E-state index is 6.70. The van der Waals surface area contributed by atoms with Crippen molar-refractivity contribution in [2.24, 2.45) is 4.99 Å². The van der Waals surface area contributed by atoms with E-state index < -0.39 is 0 Å². The van der Waals surface area contributed by atoms with E-state index in [0.29, 0.717) is 6.04 Å². The minimum absolute atomic E-state index is 0.332. The zero-order valence-corrected chi connectivity index (χ0v) is 6.46. The van der Waals surface area contributed by atoms with E-state index >= 15 is 0 Å². The van der Waals surface area contributed by atoms with E-state index in [2.05, 4.69) is 22.8 Å². The van der Waals surface area contributed by atoms with Crippen molar-refractivity contribution in [3.8, 4) is 0 Å². The van der Waals surface area contributed by atoms with Gasteiger partial charge in [0.2, 0.25) is 0 Å². The summed E-state index contributed by atoms with van der Waals surface area (Å²) in [4.78, 5) is 3.72. The Labute approximate surface area is 65.9 Å². The third-order valence-electron chi connectivity index (χ3n) is 1.61. The first-order chi connectivity index (χ1) is 5.38.